The molecule has 0 aliphatic carbocycles. The number of alkyl halides is 2. The molecule has 38 heavy (non-hydrogen) atoms. The van der Waals surface area contributed by atoms with E-state index in [0.717, 1.165) is 48.2 Å². The van der Waals surface area contributed by atoms with Gasteiger partial charge in [0, 0.05) is 23.3 Å². The second kappa shape index (κ2) is 11.4. The molecule has 0 radical (unpaired) electrons. The topological polar surface area (TPSA) is 9.23 Å². The van der Waals surface area contributed by atoms with E-state index in [1.807, 2.05) is 24.3 Å². The van der Waals surface area contributed by atoms with Gasteiger partial charge < -0.3 is 4.74 Å². The van der Waals surface area contributed by atoms with Crippen molar-refractivity contribution in [2.45, 2.75) is 25.9 Å². The minimum atomic E-state index is -4.02. The van der Waals surface area contributed by atoms with Gasteiger partial charge in [0.05, 0.1) is 5.02 Å². The molecule has 1 nitrogen and oxygen atoms in total. The quantitative estimate of drug-likeness (QED) is 0.200. The van der Waals surface area contributed by atoms with Crippen LogP contribution in [-0.2, 0) is 6.42 Å². The molecule has 0 unspecified atom stereocenters. The Hall–Kier alpha value is -3.71. The van der Waals surface area contributed by atoms with Gasteiger partial charge >= 0.3 is 6.11 Å². The number of hydrogen-bond donors (Lipinski definition) is 0. The van der Waals surface area contributed by atoms with Crippen molar-refractivity contribution < 1.29 is 31.1 Å². The highest BCUT2D eigenvalue weighted by Crippen LogP contribution is 2.32. The molecule has 4 aromatic carbocycles. The van der Waals surface area contributed by atoms with Crippen LogP contribution in [0, 0.1) is 23.3 Å². The van der Waals surface area contributed by atoms with E-state index in [2.05, 4.69) is 11.7 Å². The zero-order valence-corrected chi connectivity index (χ0v) is 20.8. The van der Waals surface area contributed by atoms with Gasteiger partial charge in [0.25, 0.3) is 0 Å². The first-order chi connectivity index (χ1) is 18.1. The van der Waals surface area contributed by atoms with Crippen molar-refractivity contribution in [1.82, 2.24) is 0 Å². The Morgan fingerprint density at radius 3 is 1.97 bits per heavy atom. The molecule has 0 aromatic heterocycles. The van der Waals surface area contributed by atoms with Gasteiger partial charge in [-0.1, -0.05) is 61.3 Å². The van der Waals surface area contributed by atoms with Crippen molar-refractivity contribution in [2.24, 2.45) is 0 Å². The standard InChI is InChI=1S/C30H21ClF6O/c1-2-3-18-4-6-19(7-5-18)20-8-10-23(26(32)14-20)21-15-27(33)24(28(34)16-21)12-13-30(36,37)38-22-9-11-25(31)29(35)17-22/h4-17H,2-3H2,1H3/b13-12+. The van der Waals surface area contributed by atoms with Gasteiger partial charge in [-0.05, 0) is 65.1 Å². The fourth-order valence-electron chi connectivity index (χ4n) is 3.89. The summed E-state index contributed by atoms with van der Waals surface area (Å²) in [5.74, 6) is -4.56. The zero-order valence-electron chi connectivity index (χ0n) is 20.1. The minimum Gasteiger partial charge on any atom is -0.429 e. The molecule has 0 N–H and O–H groups in total. The third-order valence-corrected chi connectivity index (χ3v) is 6.08. The molecule has 0 bridgehead atoms. The van der Waals surface area contributed by atoms with Crippen LogP contribution >= 0.6 is 11.6 Å². The van der Waals surface area contributed by atoms with Crippen molar-refractivity contribution in [3.05, 3.63) is 118 Å². The highest BCUT2D eigenvalue weighted by Gasteiger charge is 2.28. The number of halogens is 7. The van der Waals surface area contributed by atoms with Gasteiger partial charge in [-0.2, -0.15) is 8.78 Å². The van der Waals surface area contributed by atoms with Crippen LogP contribution in [0.1, 0.15) is 24.5 Å². The zero-order chi connectivity index (χ0) is 27.4. The van der Waals surface area contributed by atoms with Gasteiger partial charge in [0.15, 0.2) is 0 Å². The van der Waals surface area contributed by atoms with Crippen LogP contribution in [-0.4, -0.2) is 6.11 Å². The molecule has 0 saturated carbocycles. The van der Waals surface area contributed by atoms with E-state index in [-0.39, 0.29) is 22.2 Å². The first kappa shape index (κ1) is 27.3. The van der Waals surface area contributed by atoms with Gasteiger partial charge in [-0.25, -0.2) is 17.6 Å². The summed E-state index contributed by atoms with van der Waals surface area (Å²) in [7, 11) is 0. The predicted octanol–water partition coefficient (Wildman–Crippen LogP) is 9.87. The van der Waals surface area contributed by atoms with Crippen molar-refractivity contribution in [3.8, 4) is 28.0 Å². The predicted molar refractivity (Wildman–Crippen MR) is 137 cm³/mol. The molecule has 0 atom stereocenters. The van der Waals surface area contributed by atoms with Crippen molar-refractivity contribution >= 4 is 17.7 Å². The summed E-state index contributed by atoms with van der Waals surface area (Å²) in [4.78, 5) is 0. The smallest absolute Gasteiger partial charge is 0.419 e. The van der Waals surface area contributed by atoms with Crippen LogP contribution in [0.25, 0.3) is 28.3 Å². The van der Waals surface area contributed by atoms with Gasteiger partial charge in [-0.3, -0.25) is 0 Å². The summed E-state index contributed by atoms with van der Waals surface area (Å²) < 4.78 is 90.6. The maximum Gasteiger partial charge on any atom is 0.419 e. The van der Waals surface area contributed by atoms with E-state index >= 15 is 0 Å². The Labute approximate surface area is 221 Å². The van der Waals surface area contributed by atoms with E-state index in [1.54, 1.807) is 6.07 Å². The summed E-state index contributed by atoms with van der Waals surface area (Å²) in [6, 6.07) is 16.4. The Kier molecular flexibility index (Phi) is 8.17. The van der Waals surface area contributed by atoms with Gasteiger partial charge in [0.2, 0.25) is 0 Å². The monoisotopic (exact) mass is 546 g/mol. The van der Waals surface area contributed by atoms with E-state index in [0.29, 0.717) is 17.7 Å². The van der Waals surface area contributed by atoms with Crippen LogP contribution in [0.4, 0.5) is 26.3 Å². The Balaban J connectivity index is 1.55. The molecule has 196 valence electrons. The lowest BCUT2D eigenvalue weighted by Crippen LogP contribution is -2.21. The number of rotatable bonds is 8. The normalized spacial score (nSPS) is 11.8. The first-order valence-electron chi connectivity index (χ1n) is 11.7. The van der Waals surface area contributed by atoms with Crippen molar-refractivity contribution in [2.75, 3.05) is 0 Å². The summed E-state index contributed by atoms with van der Waals surface area (Å²) in [6.07, 6.45) is -1.45. The lowest BCUT2D eigenvalue weighted by Gasteiger charge is -2.15. The fourth-order valence-corrected chi connectivity index (χ4v) is 4.01. The van der Waals surface area contributed by atoms with Crippen molar-refractivity contribution in [3.63, 3.8) is 0 Å². The highest BCUT2D eigenvalue weighted by molar-refractivity contribution is 6.30. The maximum atomic E-state index is 14.9. The van der Waals surface area contributed by atoms with E-state index < -0.39 is 40.7 Å². The van der Waals surface area contributed by atoms with Crippen LogP contribution in [0.5, 0.6) is 5.75 Å². The SMILES string of the molecule is CCCc1ccc(-c2ccc(-c3cc(F)c(/C=C/C(F)(F)Oc4ccc(Cl)c(F)c4)c(F)c3)c(F)c2)cc1. The minimum absolute atomic E-state index is 0.0527. The third-order valence-electron chi connectivity index (χ3n) is 5.77. The summed E-state index contributed by atoms with van der Waals surface area (Å²) in [6.45, 7) is 2.08. The Morgan fingerprint density at radius 1 is 0.737 bits per heavy atom. The molecular formula is C30H21ClF6O. The number of ether oxygens (including phenoxy) is 1. The molecule has 0 aliphatic heterocycles. The molecule has 4 rings (SSSR count). The molecular weight excluding hydrogens is 526 g/mol. The molecule has 0 aliphatic rings. The molecule has 4 aromatic rings. The van der Waals surface area contributed by atoms with E-state index in [9.17, 15) is 26.3 Å². The average Bonchev–Trinajstić information content (AvgIpc) is 2.86. The second-order valence-electron chi connectivity index (χ2n) is 8.57. The Morgan fingerprint density at radius 2 is 1.37 bits per heavy atom. The molecule has 0 saturated heterocycles. The number of benzene rings is 4. The van der Waals surface area contributed by atoms with Crippen LogP contribution in [0.15, 0.2) is 78.9 Å². The molecule has 0 fully saturated rings. The van der Waals surface area contributed by atoms with E-state index in [4.69, 9.17) is 11.6 Å². The lowest BCUT2D eigenvalue weighted by atomic mass is 9.97. The molecule has 8 heteroatoms. The Bertz CT molecular complexity index is 1460. The largest absolute Gasteiger partial charge is 0.429 e. The maximum absolute atomic E-state index is 14.9. The van der Waals surface area contributed by atoms with Crippen LogP contribution in [0.3, 0.4) is 0 Å². The molecule has 0 heterocycles. The second-order valence-corrected chi connectivity index (χ2v) is 8.98. The number of hydrogen-bond acceptors (Lipinski definition) is 1. The van der Waals surface area contributed by atoms with Crippen LogP contribution < -0.4 is 4.74 Å². The fraction of sp³-hybridized carbons (Fsp3) is 0.133. The average molecular weight is 547 g/mol. The van der Waals surface area contributed by atoms with Gasteiger partial charge in [-0.15, -0.1) is 0 Å². The van der Waals surface area contributed by atoms with Crippen molar-refractivity contribution in [1.29, 1.82) is 0 Å². The summed E-state index contributed by atoms with van der Waals surface area (Å²) in [5.41, 5.74) is 1.62. The first-order valence-corrected chi connectivity index (χ1v) is 12.0. The number of aryl methyl sites for hydroxylation is 1. The molecule has 0 spiro atoms. The van der Waals surface area contributed by atoms with Gasteiger partial charge in [0.1, 0.15) is 29.0 Å². The molecule has 0 amide bonds. The lowest BCUT2D eigenvalue weighted by molar-refractivity contribution is -0.131. The van der Waals surface area contributed by atoms with Crippen LogP contribution in [0.2, 0.25) is 5.02 Å². The third kappa shape index (κ3) is 6.40. The highest BCUT2D eigenvalue weighted by atomic mass is 35.5. The summed E-state index contributed by atoms with van der Waals surface area (Å²) in [5, 5.41) is -0.285. The summed E-state index contributed by atoms with van der Waals surface area (Å²) >= 11 is 5.51. The van der Waals surface area contributed by atoms with E-state index in [1.165, 1.54) is 12.1 Å².